The molecule has 18 heavy (non-hydrogen) atoms. The van der Waals surface area contributed by atoms with Crippen LogP contribution in [0.1, 0.15) is 12.8 Å². The Balaban J connectivity index is 1.81. The van der Waals surface area contributed by atoms with Crippen LogP contribution in [-0.2, 0) is 9.53 Å². The zero-order chi connectivity index (χ0) is 12.8. The maximum atomic E-state index is 12.0. The normalized spacial score (nSPS) is 19.6. The summed E-state index contributed by atoms with van der Waals surface area (Å²) < 4.78 is 5.32. The summed E-state index contributed by atoms with van der Waals surface area (Å²) in [4.78, 5) is 13.9. The van der Waals surface area contributed by atoms with Gasteiger partial charge in [0.05, 0.1) is 12.6 Å². The molecule has 1 aromatic rings. The Morgan fingerprint density at radius 1 is 1.44 bits per heavy atom. The van der Waals surface area contributed by atoms with Crippen molar-refractivity contribution in [2.24, 2.45) is 0 Å². The number of carbonyl (C=O) groups is 1. The minimum Gasteiger partial charge on any atom is -0.380 e. The topological polar surface area (TPSA) is 41.6 Å². The lowest BCUT2D eigenvalue weighted by Gasteiger charge is -2.32. The van der Waals surface area contributed by atoms with Gasteiger partial charge in [-0.3, -0.25) is 4.79 Å². The lowest BCUT2D eigenvalue weighted by molar-refractivity contribution is -0.132. The van der Waals surface area contributed by atoms with Gasteiger partial charge in [0.25, 0.3) is 0 Å². The Morgan fingerprint density at radius 3 is 2.94 bits per heavy atom. The molecule has 0 saturated carbocycles. The van der Waals surface area contributed by atoms with E-state index in [2.05, 4.69) is 5.32 Å². The molecule has 4 nitrogen and oxygen atoms in total. The molecule has 1 unspecified atom stereocenters. The largest absolute Gasteiger partial charge is 0.380 e. The first-order valence-corrected chi connectivity index (χ1v) is 6.39. The number of amides is 1. The van der Waals surface area contributed by atoms with Gasteiger partial charge in [-0.25, -0.2) is 0 Å². The molecule has 0 radical (unpaired) electrons. The molecule has 1 atom stereocenters. The van der Waals surface area contributed by atoms with Gasteiger partial charge in [-0.2, -0.15) is 0 Å². The van der Waals surface area contributed by atoms with Crippen LogP contribution in [0.3, 0.4) is 0 Å². The van der Waals surface area contributed by atoms with Crippen LogP contribution in [0.15, 0.2) is 30.3 Å². The number of ether oxygens (including phenoxy) is 1. The highest BCUT2D eigenvalue weighted by atomic mass is 16.5. The van der Waals surface area contributed by atoms with Gasteiger partial charge in [-0.1, -0.05) is 18.2 Å². The van der Waals surface area contributed by atoms with Crippen LogP contribution in [-0.4, -0.2) is 43.7 Å². The molecule has 98 valence electrons. The van der Waals surface area contributed by atoms with Gasteiger partial charge in [0.1, 0.15) is 0 Å². The minimum absolute atomic E-state index is 0.139. The molecule has 0 aromatic heterocycles. The average molecular weight is 248 g/mol. The number of benzene rings is 1. The fourth-order valence-corrected chi connectivity index (χ4v) is 2.20. The highest BCUT2D eigenvalue weighted by Gasteiger charge is 2.22. The van der Waals surface area contributed by atoms with Crippen molar-refractivity contribution in [1.29, 1.82) is 0 Å². The molecule has 1 saturated heterocycles. The highest BCUT2D eigenvalue weighted by Crippen LogP contribution is 2.13. The number of rotatable bonds is 4. The summed E-state index contributed by atoms with van der Waals surface area (Å²) in [6.07, 6.45) is 2.27. The SMILES string of the molecule is COC1CCCN(C(=O)CNc2ccccc2)C1. The molecule has 1 amide bonds. The molecule has 1 N–H and O–H groups in total. The van der Waals surface area contributed by atoms with Gasteiger partial charge in [-0.15, -0.1) is 0 Å². The summed E-state index contributed by atoms with van der Waals surface area (Å²) in [6.45, 7) is 1.90. The van der Waals surface area contributed by atoms with Crippen LogP contribution in [0.2, 0.25) is 0 Å². The summed E-state index contributed by atoms with van der Waals surface area (Å²) in [5.41, 5.74) is 0.978. The predicted molar refractivity (Wildman–Crippen MR) is 71.5 cm³/mol. The third kappa shape index (κ3) is 3.47. The number of hydrogen-bond acceptors (Lipinski definition) is 3. The first kappa shape index (κ1) is 12.9. The van der Waals surface area contributed by atoms with Crippen LogP contribution in [0, 0.1) is 0 Å². The van der Waals surface area contributed by atoms with Gasteiger partial charge >= 0.3 is 0 Å². The van der Waals surface area contributed by atoms with Crippen molar-refractivity contribution in [1.82, 2.24) is 4.90 Å². The molecular formula is C14H20N2O2. The maximum absolute atomic E-state index is 12.0. The van der Waals surface area contributed by atoms with Gasteiger partial charge in [0.2, 0.25) is 5.91 Å². The number of methoxy groups -OCH3 is 1. The summed E-state index contributed by atoms with van der Waals surface area (Å²) in [5.74, 6) is 0.139. The third-order valence-electron chi connectivity index (χ3n) is 3.28. The van der Waals surface area contributed by atoms with E-state index in [1.807, 2.05) is 35.2 Å². The Bertz CT molecular complexity index is 381. The minimum atomic E-state index is 0.139. The second kappa shape index (κ2) is 6.40. The van der Waals surface area contributed by atoms with E-state index in [0.29, 0.717) is 13.1 Å². The maximum Gasteiger partial charge on any atom is 0.241 e. The van der Waals surface area contributed by atoms with Gasteiger partial charge < -0.3 is 15.0 Å². The fraction of sp³-hybridized carbons (Fsp3) is 0.500. The molecule has 0 aliphatic carbocycles. The number of likely N-dealkylation sites (tertiary alicyclic amines) is 1. The molecule has 1 aliphatic rings. The summed E-state index contributed by atoms with van der Waals surface area (Å²) in [5, 5.41) is 3.14. The van der Waals surface area contributed by atoms with Crippen molar-refractivity contribution < 1.29 is 9.53 Å². The quantitative estimate of drug-likeness (QED) is 0.882. The first-order valence-electron chi connectivity index (χ1n) is 6.39. The van der Waals surface area contributed by atoms with E-state index in [1.54, 1.807) is 7.11 Å². The third-order valence-corrected chi connectivity index (χ3v) is 3.28. The summed E-state index contributed by atoms with van der Waals surface area (Å²) in [7, 11) is 1.71. The lowest BCUT2D eigenvalue weighted by atomic mass is 10.1. The molecule has 1 heterocycles. The number of hydrogen-bond donors (Lipinski definition) is 1. The summed E-state index contributed by atoms with van der Waals surface area (Å²) >= 11 is 0. The van der Waals surface area contributed by atoms with Gasteiger partial charge in [0, 0.05) is 25.9 Å². The zero-order valence-electron chi connectivity index (χ0n) is 10.8. The molecule has 1 aromatic carbocycles. The van der Waals surface area contributed by atoms with E-state index < -0.39 is 0 Å². The van der Waals surface area contributed by atoms with E-state index in [0.717, 1.165) is 25.1 Å². The van der Waals surface area contributed by atoms with Gasteiger partial charge in [-0.05, 0) is 25.0 Å². The number of nitrogens with zero attached hydrogens (tertiary/aromatic N) is 1. The molecule has 4 heteroatoms. The number of nitrogens with one attached hydrogen (secondary N) is 1. The van der Waals surface area contributed by atoms with Gasteiger partial charge in [0.15, 0.2) is 0 Å². The number of para-hydroxylation sites is 1. The number of anilines is 1. The molecular weight excluding hydrogens is 228 g/mol. The standard InChI is InChI=1S/C14H20N2O2/c1-18-13-8-5-9-16(11-13)14(17)10-15-12-6-3-2-4-7-12/h2-4,6-7,13,15H,5,8-11H2,1H3. The van der Waals surface area contributed by atoms with Crippen molar-refractivity contribution in [3.63, 3.8) is 0 Å². The van der Waals surface area contributed by atoms with Crippen LogP contribution >= 0.6 is 0 Å². The van der Waals surface area contributed by atoms with E-state index in [4.69, 9.17) is 4.74 Å². The van der Waals surface area contributed by atoms with E-state index in [-0.39, 0.29) is 12.0 Å². The highest BCUT2D eigenvalue weighted by molar-refractivity contribution is 5.81. The predicted octanol–water partition coefficient (Wildman–Crippen LogP) is 1.74. The van der Waals surface area contributed by atoms with E-state index >= 15 is 0 Å². The summed E-state index contributed by atoms with van der Waals surface area (Å²) in [6, 6.07) is 9.78. The smallest absolute Gasteiger partial charge is 0.241 e. The van der Waals surface area contributed by atoms with Crippen LogP contribution in [0.5, 0.6) is 0 Å². The van der Waals surface area contributed by atoms with Crippen LogP contribution in [0.4, 0.5) is 5.69 Å². The van der Waals surface area contributed by atoms with Crippen molar-refractivity contribution >= 4 is 11.6 Å². The zero-order valence-corrected chi connectivity index (χ0v) is 10.8. The second-order valence-electron chi connectivity index (χ2n) is 4.56. The number of piperidine rings is 1. The fourth-order valence-electron chi connectivity index (χ4n) is 2.20. The van der Waals surface area contributed by atoms with E-state index in [9.17, 15) is 4.79 Å². The Labute approximate surface area is 108 Å². The number of carbonyl (C=O) groups excluding carboxylic acids is 1. The van der Waals surface area contributed by atoms with Crippen LogP contribution in [0.25, 0.3) is 0 Å². The monoisotopic (exact) mass is 248 g/mol. The van der Waals surface area contributed by atoms with Crippen molar-refractivity contribution in [2.75, 3.05) is 32.1 Å². The molecule has 0 bridgehead atoms. The first-order chi connectivity index (χ1) is 8.79. The Morgan fingerprint density at radius 2 is 2.22 bits per heavy atom. The van der Waals surface area contributed by atoms with Crippen molar-refractivity contribution in [2.45, 2.75) is 18.9 Å². The average Bonchev–Trinajstić information content (AvgIpc) is 2.46. The lowest BCUT2D eigenvalue weighted by Crippen LogP contribution is -2.45. The Hall–Kier alpha value is -1.55. The molecule has 1 aliphatic heterocycles. The van der Waals surface area contributed by atoms with Crippen molar-refractivity contribution in [3.8, 4) is 0 Å². The van der Waals surface area contributed by atoms with E-state index in [1.165, 1.54) is 0 Å². The molecule has 2 rings (SSSR count). The second-order valence-corrected chi connectivity index (χ2v) is 4.56. The molecule has 1 fully saturated rings. The molecule has 0 spiro atoms. The van der Waals surface area contributed by atoms with Crippen LogP contribution < -0.4 is 5.32 Å². The van der Waals surface area contributed by atoms with Crippen molar-refractivity contribution in [3.05, 3.63) is 30.3 Å². The Kier molecular flexibility index (Phi) is 4.59.